The van der Waals surface area contributed by atoms with Crippen LogP contribution in [0, 0.1) is 11.6 Å². The number of hydrogen-bond acceptors (Lipinski definition) is 11. The van der Waals surface area contributed by atoms with E-state index in [0.717, 1.165) is 60.0 Å². The molecule has 17 heteroatoms. The Kier molecular flexibility index (Phi) is 17.2. The molecule has 12 nitrogen and oxygen atoms in total. The number of nitrogens with one attached hydrogen (secondary N) is 4. The first-order valence-corrected chi connectivity index (χ1v) is 22.5. The number of benzene rings is 2. The van der Waals surface area contributed by atoms with Crippen molar-refractivity contribution in [2.75, 3.05) is 12.5 Å². The Labute approximate surface area is 363 Å². The maximum atomic E-state index is 13.9. The SMILES string of the molecule is CSc1cccc(Oc2ncc(F)cc2C(=O)NC2CCC(NC(=O)OC(C)(C)C)CC2)c1.CSc1cccc(Oc2ncc(F)cc2C(=O)NC2CCC(NCl)CC2)c1. The average molecular weight is 885 g/mol. The number of carbonyl (C=O) groups is 3. The van der Waals surface area contributed by atoms with Gasteiger partial charge in [-0.1, -0.05) is 12.1 Å². The molecule has 0 aliphatic heterocycles. The smallest absolute Gasteiger partial charge is 0.407 e. The van der Waals surface area contributed by atoms with Gasteiger partial charge in [-0.05, 0) is 145 Å². The van der Waals surface area contributed by atoms with Gasteiger partial charge in [0, 0.05) is 34.0 Å². The number of amides is 3. The summed E-state index contributed by atoms with van der Waals surface area (Å²) in [5, 5.41) is 8.78. The van der Waals surface area contributed by atoms with Gasteiger partial charge in [-0.15, -0.1) is 23.5 Å². The zero-order valence-corrected chi connectivity index (χ0v) is 36.6. The second-order valence-electron chi connectivity index (χ2n) is 15.4. The van der Waals surface area contributed by atoms with Crippen LogP contribution in [0.1, 0.15) is 92.9 Å². The molecule has 0 atom stereocenters. The van der Waals surface area contributed by atoms with E-state index < -0.39 is 29.2 Å². The molecular formula is C43H51ClF2N6O6S2. The van der Waals surface area contributed by atoms with Crippen LogP contribution in [0.5, 0.6) is 23.3 Å². The molecule has 4 N–H and O–H groups in total. The van der Waals surface area contributed by atoms with E-state index in [9.17, 15) is 23.2 Å². The van der Waals surface area contributed by atoms with Gasteiger partial charge in [-0.2, -0.15) is 0 Å². The molecule has 0 unspecified atom stereocenters. The van der Waals surface area contributed by atoms with Crippen molar-refractivity contribution in [3.63, 3.8) is 0 Å². The van der Waals surface area contributed by atoms with Crippen LogP contribution >= 0.6 is 35.3 Å². The molecule has 2 heterocycles. The third-order valence-corrected chi connectivity index (χ3v) is 11.4. The Morgan fingerprint density at radius 2 is 1.05 bits per heavy atom. The third-order valence-electron chi connectivity index (χ3n) is 9.64. The van der Waals surface area contributed by atoms with Crippen LogP contribution in [0.15, 0.2) is 82.8 Å². The zero-order valence-electron chi connectivity index (χ0n) is 34.2. The first-order valence-electron chi connectivity index (χ1n) is 19.6. The van der Waals surface area contributed by atoms with Crippen molar-refractivity contribution < 1.29 is 37.4 Å². The lowest BCUT2D eigenvalue weighted by Gasteiger charge is -2.30. The fraction of sp³-hybridized carbons (Fsp3) is 0.419. The summed E-state index contributed by atoms with van der Waals surface area (Å²) in [7, 11) is 0. The fourth-order valence-corrected chi connectivity index (χ4v) is 7.74. The molecule has 0 radical (unpaired) electrons. The fourth-order valence-electron chi connectivity index (χ4n) is 6.62. The molecule has 2 saturated carbocycles. The number of alkyl carbamates (subject to hydrolysis) is 1. The number of thioether (sulfide) groups is 2. The van der Waals surface area contributed by atoms with Gasteiger partial charge in [-0.3, -0.25) is 9.59 Å². The second kappa shape index (κ2) is 22.3. The summed E-state index contributed by atoms with van der Waals surface area (Å²) >= 11 is 8.80. The summed E-state index contributed by atoms with van der Waals surface area (Å²) in [5.41, 5.74) is -0.425. The highest BCUT2D eigenvalue weighted by molar-refractivity contribution is 7.98. The third kappa shape index (κ3) is 14.5. The average Bonchev–Trinajstić information content (AvgIpc) is 3.22. The molecular weight excluding hydrogens is 834 g/mol. The molecule has 4 aromatic rings. The van der Waals surface area contributed by atoms with E-state index in [1.54, 1.807) is 35.7 Å². The Morgan fingerprint density at radius 3 is 1.43 bits per heavy atom. The number of halogens is 3. The van der Waals surface area contributed by atoms with Gasteiger partial charge in [0.1, 0.15) is 39.9 Å². The number of rotatable bonds is 12. The minimum absolute atomic E-state index is 0.00792. The normalized spacial score (nSPS) is 18.9. The maximum Gasteiger partial charge on any atom is 0.407 e. The molecule has 2 aliphatic carbocycles. The monoisotopic (exact) mass is 884 g/mol. The number of carbonyl (C=O) groups excluding carboxylic acids is 3. The molecule has 60 heavy (non-hydrogen) atoms. The van der Waals surface area contributed by atoms with Gasteiger partial charge in [0.15, 0.2) is 0 Å². The largest absolute Gasteiger partial charge is 0.444 e. The molecule has 0 bridgehead atoms. The van der Waals surface area contributed by atoms with E-state index in [4.69, 9.17) is 26.0 Å². The number of nitrogens with zero attached hydrogens (tertiary/aromatic N) is 2. The predicted octanol–water partition coefficient (Wildman–Crippen LogP) is 9.82. The lowest BCUT2D eigenvalue weighted by Crippen LogP contribution is -2.45. The minimum atomic E-state index is -0.615. The van der Waals surface area contributed by atoms with Crippen molar-refractivity contribution in [1.82, 2.24) is 30.8 Å². The summed E-state index contributed by atoms with van der Waals surface area (Å²) in [6, 6.07) is 17.3. The predicted molar refractivity (Wildman–Crippen MR) is 230 cm³/mol. The van der Waals surface area contributed by atoms with Crippen LogP contribution in [-0.2, 0) is 4.74 Å². The number of hydrogen-bond donors (Lipinski definition) is 4. The molecule has 2 aromatic heterocycles. The van der Waals surface area contributed by atoms with E-state index in [2.05, 4.69) is 30.8 Å². The van der Waals surface area contributed by atoms with Crippen molar-refractivity contribution in [3.8, 4) is 23.3 Å². The zero-order chi connectivity index (χ0) is 43.2. The van der Waals surface area contributed by atoms with E-state index in [1.807, 2.05) is 69.7 Å². The highest BCUT2D eigenvalue weighted by Crippen LogP contribution is 2.30. The quantitative estimate of drug-likeness (QED) is 0.0795. The standard InChI is InChI=1S/C24H30FN3O4S.C19H21ClFN3O2S/c1-24(2,3)32-23(30)28-17-10-8-16(9-11-17)27-21(29)20-12-15(25)14-26-22(20)31-18-6-5-7-19(13-18)33-4;1-27-16-4-2-3-15(10-16)26-19-17(9-12(21)11-22-19)18(25)23-13-5-7-14(24-20)8-6-13/h5-7,12-14,16-17H,8-11H2,1-4H3,(H,27,29)(H,28,30);2-4,9-11,13-14,24H,5-8H2,1H3,(H,23,25). The van der Waals surface area contributed by atoms with Gasteiger partial charge >= 0.3 is 6.09 Å². The molecule has 322 valence electrons. The van der Waals surface area contributed by atoms with Gasteiger partial charge in [0.25, 0.3) is 11.8 Å². The Balaban J connectivity index is 0.000000232. The molecule has 0 saturated heterocycles. The summed E-state index contributed by atoms with van der Waals surface area (Å²) in [4.78, 5) is 50.3. The Morgan fingerprint density at radius 1 is 0.650 bits per heavy atom. The van der Waals surface area contributed by atoms with Crippen molar-refractivity contribution in [1.29, 1.82) is 0 Å². The number of ether oxygens (including phenoxy) is 3. The molecule has 6 rings (SSSR count). The van der Waals surface area contributed by atoms with Crippen LogP contribution in [0.3, 0.4) is 0 Å². The van der Waals surface area contributed by atoms with Gasteiger partial charge in [0.05, 0.1) is 12.4 Å². The lowest BCUT2D eigenvalue weighted by molar-refractivity contribution is 0.0487. The summed E-state index contributed by atoms with van der Waals surface area (Å²) in [5.74, 6) is -0.832. The highest BCUT2D eigenvalue weighted by Gasteiger charge is 2.28. The maximum absolute atomic E-state index is 13.9. The van der Waals surface area contributed by atoms with Crippen molar-refractivity contribution in [2.24, 2.45) is 0 Å². The van der Waals surface area contributed by atoms with E-state index in [0.29, 0.717) is 37.2 Å². The van der Waals surface area contributed by atoms with Crippen molar-refractivity contribution >= 4 is 53.2 Å². The van der Waals surface area contributed by atoms with Crippen LogP contribution < -0.4 is 30.3 Å². The second-order valence-corrected chi connectivity index (χ2v) is 17.4. The Bertz CT molecular complexity index is 2080. The molecule has 2 fully saturated rings. The summed E-state index contributed by atoms with van der Waals surface area (Å²) < 4.78 is 44.5. The summed E-state index contributed by atoms with van der Waals surface area (Å²) in [6.07, 6.45) is 11.7. The number of aromatic nitrogens is 2. The molecule has 3 amide bonds. The van der Waals surface area contributed by atoms with Crippen LogP contribution in [0.4, 0.5) is 13.6 Å². The lowest BCUT2D eigenvalue weighted by atomic mass is 9.91. The minimum Gasteiger partial charge on any atom is -0.444 e. The van der Waals surface area contributed by atoms with E-state index >= 15 is 0 Å². The van der Waals surface area contributed by atoms with Gasteiger partial charge in [-0.25, -0.2) is 28.4 Å². The summed E-state index contributed by atoms with van der Waals surface area (Å²) in [6.45, 7) is 5.45. The van der Waals surface area contributed by atoms with Crippen molar-refractivity contribution in [3.05, 3.63) is 95.8 Å². The van der Waals surface area contributed by atoms with Gasteiger partial charge in [0.2, 0.25) is 11.8 Å². The molecule has 2 aromatic carbocycles. The molecule has 0 spiro atoms. The van der Waals surface area contributed by atoms with Crippen LogP contribution in [0.25, 0.3) is 0 Å². The van der Waals surface area contributed by atoms with Crippen molar-refractivity contribution in [2.45, 2.75) is 112 Å². The van der Waals surface area contributed by atoms with E-state index in [-0.39, 0.29) is 53.0 Å². The number of pyridine rings is 2. The highest BCUT2D eigenvalue weighted by atomic mass is 35.5. The van der Waals surface area contributed by atoms with E-state index in [1.165, 1.54) is 0 Å². The molecule has 2 aliphatic rings. The van der Waals surface area contributed by atoms with Crippen LogP contribution in [0.2, 0.25) is 0 Å². The van der Waals surface area contributed by atoms with Crippen LogP contribution in [-0.4, -0.2) is 70.2 Å². The first kappa shape index (κ1) is 46.4. The first-order chi connectivity index (χ1) is 28.7. The Hall–Kier alpha value is -4.64. The topological polar surface area (TPSA) is 153 Å². The van der Waals surface area contributed by atoms with Gasteiger partial charge < -0.3 is 30.2 Å².